The summed E-state index contributed by atoms with van der Waals surface area (Å²) in [6.07, 6.45) is 6.22. The molecule has 0 radical (unpaired) electrons. The van der Waals surface area contributed by atoms with Crippen LogP contribution in [0.4, 0.5) is 5.82 Å². The van der Waals surface area contributed by atoms with Crippen LogP contribution in [0.2, 0.25) is 0 Å². The standard InChI is InChI=1S/C23H34N6O2/c1-4-9-25-21(30)15-27-10-12-28(13-11-27)16-22(31)26-23-20(14-24)17(2)18(3)29(23)19-7-5-6-8-19/h4,19H,1,5-13,15-16H2,2-3H3,(H,25,30)(H,26,31). The van der Waals surface area contributed by atoms with Crippen molar-refractivity contribution in [2.45, 2.75) is 45.6 Å². The van der Waals surface area contributed by atoms with Crippen LogP contribution in [0.15, 0.2) is 12.7 Å². The second-order valence-corrected chi connectivity index (χ2v) is 8.55. The Kier molecular flexibility index (Phi) is 7.88. The molecule has 2 amide bonds. The van der Waals surface area contributed by atoms with Crippen molar-refractivity contribution in [1.29, 1.82) is 5.26 Å². The largest absolute Gasteiger partial charge is 0.352 e. The van der Waals surface area contributed by atoms with Crippen molar-refractivity contribution in [2.75, 3.05) is 51.1 Å². The van der Waals surface area contributed by atoms with Crippen LogP contribution in [0.25, 0.3) is 0 Å². The number of rotatable bonds is 8. The average Bonchev–Trinajstić information content (AvgIpc) is 3.35. The highest BCUT2D eigenvalue weighted by molar-refractivity contribution is 5.93. The van der Waals surface area contributed by atoms with Crippen molar-refractivity contribution >= 4 is 17.6 Å². The zero-order valence-corrected chi connectivity index (χ0v) is 18.7. The first-order valence-corrected chi connectivity index (χ1v) is 11.2. The molecule has 0 atom stereocenters. The van der Waals surface area contributed by atoms with Gasteiger partial charge in [0.25, 0.3) is 0 Å². The number of hydrogen-bond donors (Lipinski definition) is 2. The van der Waals surface area contributed by atoms with Crippen LogP contribution in [0.5, 0.6) is 0 Å². The van der Waals surface area contributed by atoms with Crippen LogP contribution in [0.3, 0.4) is 0 Å². The lowest BCUT2D eigenvalue weighted by Gasteiger charge is -2.33. The third-order valence-electron chi connectivity index (χ3n) is 6.46. The summed E-state index contributed by atoms with van der Waals surface area (Å²) in [7, 11) is 0. The van der Waals surface area contributed by atoms with Gasteiger partial charge in [-0.15, -0.1) is 6.58 Å². The molecule has 0 aromatic carbocycles. The fraction of sp³-hybridized carbons (Fsp3) is 0.609. The third kappa shape index (κ3) is 5.54. The third-order valence-corrected chi connectivity index (χ3v) is 6.46. The number of nitrogens with zero attached hydrogens (tertiary/aromatic N) is 4. The van der Waals surface area contributed by atoms with Gasteiger partial charge < -0.3 is 15.2 Å². The van der Waals surface area contributed by atoms with E-state index < -0.39 is 0 Å². The van der Waals surface area contributed by atoms with Crippen LogP contribution in [0, 0.1) is 25.2 Å². The van der Waals surface area contributed by atoms with Gasteiger partial charge in [0.1, 0.15) is 11.9 Å². The Morgan fingerprint density at radius 2 is 1.68 bits per heavy atom. The number of carbonyl (C=O) groups is 2. The minimum atomic E-state index is -0.0922. The number of nitriles is 1. The van der Waals surface area contributed by atoms with Crippen molar-refractivity contribution in [2.24, 2.45) is 0 Å². The van der Waals surface area contributed by atoms with Crippen LogP contribution in [-0.2, 0) is 9.59 Å². The zero-order valence-electron chi connectivity index (χ0n) is 18.7. The van der Waals surface area contributed by atoms with E-state index in [1.54, 1.807) is 6.08 Å². The fourth-order valence-electron chi connectivity index (χ4n) is 4.63. The molecule has 2 aliphatic rings. The van der Waals surface area contributed by atoms with Crippen molar-refractivity contribution in [3.8, 4) is 6.07 Å². The summed E-state index contributed by atoms with van der Waals surface area (Å²) in [5.41, 5.74) is 2.60. The molecule has 31 heavy (non-hydrogen) atoms. The Morgan fingerprint density at radius 1 is 1.10 bits per heavy atom. The molecule has 0 unspecified atom stereocenters. The molecule has 1 aliphatic carbocycles. The first-order chi connectivity index (χ1) is 14.9. The molecule has 1 saturated carbocycles. The number of anilines is 1. The molecule has 168 valence electrons. The summed E-state index contributed by atoms with van der Waals surface area (Å²) in [6.45, 7) is 11.7. The molecular formula is C23H34N6O2. The summed E-state index contributed by atoms with van der Waals surface area (Å²) >= 11 is 0. The Hall–Kier alpha value is -2.63. The van der Waals surface area contributed by atoms with E-state index in [1.807, 2.05) is 13.8 Å². The van der Waals surface area contributed by atoms with Crippen LogP contribution >= 0.6 is 0 Å². The molecule has 1 saturated heterocycles. The molecule has 0 bridgehead atoms. The minimum Gasteiger partial charge on any atom is -0.352 e. The van der Waals surface area contributed by atoms with Gasteiger partial charge in [-0.1, -0.05) is 18.9 Å². The number of hydrogen-bond acceptors (Lipinski definition) is 5. The van der Waals surface area contributed by atoms with Gasteiger partial charge in [0.2, 0.25) is 11.8 Å². The Morgan fingerprint density at radius 3 is 2.23 bits per heavy atom. The van der Waals surface area contributed by atoms with Crippen LogP contribution < -0.4 is 10.6 Å². The van der Waals surface area contributed by atoms with E-state index >= 15 is 0 Å². The summed E-state index contributed by atoms with van der Waals surface area (Å²) in [5, 5.41) is 15.5. The lowest BCUT2D eigenvalue weighted by molar-refractivity contribution is -0.123. The van der Waals surface area contributed by atoms with Crippen molar-refractivity contribution < 1.29 is 9.59 Å². The summed E-state index contributed by atoms with van der Waals surface area (Å²) in [4.78, 5) is 28.9. The van der Waals surface area contributed by atoms with Gasteiger partial charge in [-0.3, -0.25) is 19.4 Å². The summed E-state index contributed by atoms with van der Waals surface area (Å²) < 4.78 is 2.18. The Balaban J connectivity index is 1.57. The van der Waals surface area contributed by atoms with Crippen LogP contribution in [0.1, 0.15) is 48.5 Å². The molecule has 2 N–H and O–H groups in total. The maximum Gasteiger partial charge on any atom is 0.239 e. The van der Waals surface area contributed by atoms with Gasteiger partial charge in [0.15, 0.2) is 0 Å². The molecule has 8 nitrogen and oxygen atoms in total. The van der Waals surface area contributed by atoms with Gasteiger partial charge in [-0.2, -0.15) is 5.26 Å². The number of nitrogens with one attached hydrogen (secondary N) is 2. The molecular weight excluding hydrogens is 392 g/mol. The van der Waals surface area contributed by atoms with Gasteiger partial charge in [0.05, 0.1) is 18.7 Å². The average molecular weight is 427 g/mol. The molecule has 1 aliphatic heterocycles. The number of piperazine rings is 1. The van der Waals surface area contributed by atoms with Gasteiger partial charge in [-0.25, -0.2) is 0 Å². The van der Waals surface area contributed by atoms with E-state index in [1.165, 1.54) is 12.8 Å². The van der Waals surface area contributed by atoms with E-state index in [0.717, 1.165) is 50.3 Å². The molecule has 1 aromatic rings. The Labute approximate surface area is 184 Å². The quantitative estimate of drug-likeness (QED) is 0.620. The molecule has 2 fully saturated rings. The molecule has 0 spiro atoms. The predicted molar refractivity (Wildman–Crippen MR) is 121 cm³/mol. The van der Waals surface area contributed by atoms with Gasteiger partial charge in [-0.05, 0) is 32.3 Å². The van der Waals surface area contributed by atoms with Gasteiger partial charge in [0, 0.05) is 44.5 Å². The smallest absolute Gasteiger partial charge is 0.239 e. The van der Waals surface area contributed by atoms with Crippen molar-refractivity contribution in [3.63, 3.8) is 0 Å². The van der Waals surface area contributed by atoms with E-state index in [-0.39, 0.29) is 18.4 Å². The van der Waals surface area contributed by atoms with Crippen molar-refractivity contribution in [1.82, 2.24) is 19.7 Å². The highest BCUT2D eigenvalue weighted by atomic mass is 16.2. The minimum absolute atomic E-state index is 0.00598. The second kappa shape index (κ2) is 10.6. The molecule has 1 aromatic heterocycles. The second-order valence-electron chi connectivity index (χ2n) is 8.55. The summed E-state index contributed by atoms with van der Waals surface area (Å²) in [6, 6.07) is 2.65. The fourth-order valence-corrected chi connectivity index (χ4v) is 4.63. The maximum atomic E-state index is 12.9. The van der Waals surface area contributed by atoms with Crippen molar-refractivity contribution in [3.05, 3.63) is 29.5 Å². The molecule has 3 rings (SSSR count). The predicted octanol–water partition coefficient (Wildman–Crippen LogP) is 1.95. The number of amides is 2. The highest BCUT2D eigenvalue weighted by Crippen LogP contribution is 2.37. The number of carbonyl (C=O) groups excluding carboxylic acids is 2. The first-order valence-electron chi connectivity index (χ1n) is 11.2. The monoisotopic (exact) mass is 426 g/mol. The van der Waals surface area contributed by atoms with E-state index in [9.17, 15) is 14.9 Å². The maximum absolute atomic E-state index is 12.9. The summed E-state index contributed by atoms with van der Waals surface area (Å²) in [5.74, 6) is 0.561. The van der Waals surface area contributed by atoms with E-state index in [0.29, 0.717) is 30.5 Å². The Bertz CT molecular complexity index is 854. The van der Waals surface area contributed by atoms with Crippen LogP contribution in [-0.4, -0.2) is 72.0 Å². The number of aromatic nitrogens is 1. The SMILES string of the molecule is C=CCNC(=O)CN1CCN(CC(=O)Nc2c(C#N)c(C)c(C)n2C2CCCC2)CC1. The first kappa shape index (κ1) is 23.0. The lowest BCUT2D eigenvalue weighted by atomic mass is 10.2. The van der Waals surface area contributed by atoms with Gasteiger partial charge >= 0.3 is 0 Å². The lowest BCUT2D eigenvalue weighted by Crippen LogP contribution is -2.51. The molecule has 2 heterocycles. The van der Waals surface area contributed by atoms with E-state index in [2.05, 4.69) is 37.6 Å². The topological polar surface area (TPSA) is 93.4 Å². The zero-order chi connectivity index (χ0) is 22.4. The normalized spacial score (nSPS) is 18.0. The highest BCUT2D eigenvalue weighted by Gasteiger charge is 2.27. The van der Waals surface area contributed by atoms with E-state index in [4.69, 9.17) is 0 Å². The molecule has 8 heteroatoms.